The van der Waals surface area contributed by atoms with Gasteiger partial charge in [-0.25, -0.2) is 4.79 Å². The van der Waals surface area contributed by atoms with Gasteiger partial charge in [-0.15, -0.1) is 0 Å². The average molecular weight is 295 g/mol. The highest BCUT2D eigenvalue weighted by Crippen LogP contribution is 2.28. The second kappa shape index (κ2) is 5.59. The standard InChI is InChI=1S/C15H15ClO4/c1-8-4-11(16)5-9(2)13(8)19-7-12-6-10(3)14(20-12)15(17)18/h4-6H,7H2,1-3H3,(H,17,18). The van der Waals surface area contributed by atoms with Crippen LogP contribution in [0.25, 0.3) is 0 Å². The molecule has 1 heterocycles. The van der Waals surface area contributed by atoms with Crippen molar-refractivity contribution in [3.8, 4) is 5.75 Å². The molecular weight excluding hydrogens is 280 g/mol. The molecule has 0 atom stereocenters. The lowest BCUT2D eigenvalue weighted by Crippen LogP contribution is -1.98. The molecule has 2 rings (SSSR count). The summed E-state index contributed by atoms with van der Waals surface area (Å²) >= 11 is 5.96. The largest absolute Gasteiger partial charge is 0.485 e. The minimum atomic E-state index is -1.08. The van der Waals surface area contributed by atoms with Gasteiger partial charge in [0.1, 0.15) is 18.1 Å². The molecule has 106 valence electrons. The van der Waals surface area contributed by atoms with Crippen LogP contribution in [0.15, 0.2) is 22.6 Å². The highest BCUT2D eigenvalue weighted by molar-refractivity contribution is 6.30. The minimum absolute atomic E-state index is 0.0480. The van der Waals surface area contributed by atoms with Crippen LogP contribution in [0.3, 0.4) is 0 Å². The molecule has 0 unspecified atom stereocenters. The molecule has 0 amide bonds. The van der Waals surface area contributed by atoms with Gasteiger partial charge in [-0.1, -0.05) is 11.6 Å². The topological polar surface area (TPSA) is 59.7 Å². The number of carbonyl (C=O) groups is 1. The van der Waals surface area contributed by atoms with Gasteiger partial charge in [-0.05, 0) is 50.1 Å². The zero-order chi connectivity index (χ0) is 14.9. The summed E-state index contributed by atoms with van der Waals surface area (Å²) in [6.45, 7) is 5.68. The molecule has 0 saturated heterocycles. The Morgan fingerprint density at radius 2 is 1.80 bits per heavy atom. The SMILES string of the molecule is Cc1cc(COc2c(C)cc(Cl)cc2C)oc1C(=O)O. The first-order valence-corrected chi connectivity index (χ1v) is 6.48. The van der Waals surface area contributed by atoms with Gasteiger partial charge in [0.05, 0.1) is 0 Å². The highest BCUT2D eigenvalue weighted by Gasteiger charge is 2.15. The van der Waals surface area contributed by atoms with Crippen molar-refractivity contribution in [3.05, 3.63) is 51.4 Å². The molecule has 0 aliphatic rings. The van der Waals surface area contributed by atoms with Crippen molar-refractivity contribution in [3.63, 3.8) is 0 Å². The van der Waals surface area contributed by atoms with Crippen LogP contribution < -0.4 is 4.74 Å². The summed E-state index contributed by atoms with van der Waals surface area (Å²) in [5.41, 5.74) is 2.44. The van der Waals surface area contributed by atoms with Crippen LogP contribution in [0.1, 0.15) is 33.0 Å². The fraction of sp³-hybridized carbons (Fsp3) is 0.267. The van der Waals surface area contributed by atoms with Crippen LogP contribution in [0.4, 0.5) is 0 Å². The Hall–Kier alpha value is -1.94. The number of carboxylic acids is 1. The van der Waals surface area contributed by atoms with Crippen molar-refractivity contribution < 1.29 is 19.1 Å². The number of halogens is 1. The smallest absolute Gasteiger partial charge is 0.372 e. The third-order valence-corrected chi connectivity index (χ3v) is 3.17. The number of benzene rings is 1. The summed E-state index contributed by atoms with van der Waals surface area (Å²) in [5, 5.41) is 9.60. The number of hydrogen-bond acceptors (Lipinski definition) is 3. The third kappa shape index (κ3) is 2.96. The molecule has 20 heavy (non-hydrogen) atoms. The fourth-order valence-electron chi connectivity index (χ4n) is 2.10. The van der Waals surface area contributed by atoms with E-state index in [-0.39, 0.29) is 12.4 Å². The van der Waals surface area contributed by atoms with Crippen molar-refractivity contribution in [2.75, 3.05) is 0 Å². The average Bonchev–Trinajstić information content (AvgIpc) is 2.69. The van der Waals surface area contributed by atoms with Crippen LogP contribution in [0, 0.1) is 20.8 Å². The van der Waals surface area contributed by atoms with Gasteiger partial charge in [0.15, 0.2) is 0 Å². The van der Waals surface area contributed by atoms with E-state index in [2.05, 4.69) is 0 Å². The summed E-state index contributed by atoms with van der Waals surface area (Å²) in [6.07, 6.45) is 0. The monoisotopic (exact) mass is 294 g/mol. The molecule has 5 heteroatoms. The lowest BCUT2D eigenvalue weighted by molar-refractivity contribution is 0.0657. The number of carboxylic acid groups (broad SMARTS) is 1. The molecule has 0 radical (unpaired) electrons. The van der Waals surface area contributed by atoms with Gasteiger partial charge >= 0.3 is 5.97 Å². The summed E-state index contributed by atoms with van der Waals surface area (Å²) in [7, 11) is 0. The number of aromatic carboxylic acids is 1. The van der Waals surface area contributed by atoms with Crippen molar-refractivity contribution >= 4 is 17.6 Å². The van der Waals surface area contributed by atoms with E-state index in [1.807, 2.05) is 26.0 Å². The Bertz CT molecular complexity index is 635. The summed E-state index contributed by atoms with van der Waals surface area (Å²) < 4.78 is 11.0. The second-order valence-electron chi connectivity index (χ2n) is 4.69. The molecule has 1 aromatic heterocycles. The number of aryl methyl sites for hydroxylation is 3. The quantitative estimate of drug-likeness (QED) is 0.921. The van der Waals surface area contributed by atoms with Crippen molar-refractivity contribution in [2.24, 2.45) is 0 Å². The molecule has 0 spiro atoms. The maximum Gasteiger partial charge on any atom is 0.372 e. The Kier molecular flexibility index (Phi) is 4.04. The van der Waals surface area contributed by atoms with E-state index < -0.39 is 5.97 Å². The molecule has 0 aliphatic heterocycles. The summed E-state index contributed by atoms with van der Waals surface area (Å²) in [5.74, 6) is 0.0923. The van der Waals surface area contributed by atoms with Crippen LogP contribution >= 0.6 is 11.6 Å². The Labute approximate surface area is 121 Å². The Morgan fingerprint density at radius 3 is 2.30 bits per heavy atom. The van der Waals surface area contributed by atoms with Crippen molar-refractivity contribution in [1.29, 1.82) is 0 Å². The number of rotatable bonds is 4. The van der Waals surface area contributed by atoms with Gasteiger partial charge in [0, 0.05) is 10.6 Å². The summed E-state index contributed by atoms with van der Waals surface area (Å²) in [6, 6.07) is 5.31. The normalized spacial score (nSPS) is 10.6. The van der Waals surface area contributed by atoms with Crippen molar-refractivity contribution in [2.45, 2.75) is 27.4 Å². The second-order valence-corrected chi connectivity index (χ2v) is 5.12. The predicted octanol–water partition coefficient (Wildman–Crippen LogP) is 4.14. The van der Waals surface area contributed by atoms with Gasteiger partial charge in [0.2, 0.25) is 5.76 Å². The van der Waals surface area contributed by atoms with Gasteiger partial charge in [-0.3, -0.25) is 0 Å². The molecule has 0 saturated carbocycles. The summed E-state index contributed by atoms with van der Waals surface area (Å²) in [4.78, 5) is 10.9. The number of ether oxygens (including phenoxy) is 1. The molecule has 0 bridgehead atoms. The van der Waals surface area contributed by atoms with Gasteiger partial charge in [-0.2, -0.15) is 0 Å². The predicted molar refractivity (Wildman–Crippen MR) is 75.7 cm³/mol. The number of hydrogen-bond donors (Lipinski definition) is 1. The molecule has 2 aromatic rings. The highest BCUT2D eigenvalue weighted by atomic mass is 35.5. The zero-order valence-corrected chi connectivity index (χ0v) is 12.2. The third-order valence-electron chi connectivity index (χ3n) is 2.95. The van der Waals surface area contributed by atoms with Crippen molar-refractivity contribution in [1.82, 2.24) is 0 Å². The van der Waals surface area contributed by atoms with Crippen LogP contribution in [0.2, 0.25) is 5.02 Å². The van der Waals surface area contributed by atoms with E-state index in [4.69, 9.17) is 25.9 Å². The maximum atomic E-state index is 10.9. The molecule has 1 N–H and O–H groups in total. The van der Waals surface area contributed by atoms with E-state index in [1.54, 1.807) is 13.0 Å². The lowest BCUT2D eigenvalue weighted by atomic mass is 10.1. The molecular formula is C15H15ClO4. The molecule has 4 nitrogen and oxygen atoms in total. The van der Waals surface area contributed by atoms with E-state index >= 15 is 0 Å². The zero-order valence-electron chi connectivity index (χ0n) is 11.5. The molecule has 1 aromatic carbocycles. The first-order valence-electron chi connectivity index (χ1n) is 6.10. The molecule has 0 aliphatic carbocycles. The van der Waals surface area contributed by atoms with Crippen LogP contribution in [0.5, 0.6) is 5.75 Å². The van der Waals surface area contributed by atoms with Gasteiger partial charge < -0.3 is 14.3 Å². The first-order chi connectivity index (χ1) is 9.38. The van der Waals surface area contributed by atoms with E-state index in [0.29, 0.717) is 16.3 Å². The van der Waals surface area contributed by atoms with Gasteiger partial charge in [0.25, 0.3) is 0 Å². The van der Waals surface area contributed by atoms with Crippen LogP contribution in [-0.4, -0.2) is 11.1 Å². The van der Waals surface area contributed by atoms with E-state index in [0.717, 1.165) is 16.9 Å². The molecule has 0 fully saturated rings. The van der Waals surface area contributed by atoms with Crippen LogP contribution in [-0.2, 0) is 6.61 Å². The maximum absolute atomic E-state index is 10.9. The first kappa shape index (κ1) is 14.5. The Morgan fingerprint density at radius 1 is 1.20 bits per heavy atom. The van der Waals surface area contributed by atoms with E-state index in [9.17, 15) is 4.79 Å². The van der Waals surface area contributed by atoms with E-state index in [1.165, 1.54) is 0 Å². The number of furan rings is 1. The lowest BCUT2D eigenvalue weighted by Gasteiger charge is -2.11. The Balaban J connectivity index is 2.17. The minimum Gasteiger partial charge on any atom is -0.485 e. The fourth-order valence-corrected chi connectivity index (χ4v) is 2.43.